The normalized spacial score (nSPS) is 8.82. The quantitative estimate of drug-likeness (QED) is 0.338. The predicted molar refractivity (Wildman–Crippen MR) is 64.8 cm³/mol. The highest BCUT2D eigenvalue weighted by Crippen LogP contribution is 2.01. The molecule has 1 heterocycles. The number of halogens is 1. The molecule has 1 aromatic carbocycles. The van der Waals surface area contributed by atoms with E-state index >= 15 is 0 Å². The molecule has 86 valence electrons. The molecule has 17 heavy (non-hydrogen) atoms. The molecule has 0 fully saturated rings. The molecule has 0 aliphatic rings. The summed E-state index contributed by atoms with van der Waals surface area (Å²) in [5.74, 6) is 6.32. The van der Waals surface area contributed by atoms with Gasteiger partial charge in [0.1, 0.15) is 7.05 Å². The second kappa shape index (κ2) is 6.41. The summed E-state index contributed by atoms with van der Waals surface area (Å²) in [6.45, 7) is 2.08. The minimum atomic E-state index is 0. The van der Waals surface area contributed by atoms with Crippen molar-refractivity contribution < 1.29 is 28.5 Å². The van der Waals surface area contributed by atoms with Crippen molar-refractivity contribution >= 4 is 0 Å². The van der Waals surface area contributed by atoms with E-state index in [9.17, 15) is 0 Å². The first kappa shape index (κ1) is 13.7. The number of rotatable bonds is 0. The van der Waals surface area contributed by atoms with Crippen LogP contribution >= 0.6 is 0 Å². The van der Waals surface area contributed by atoms with Crippen LogP contribution in [-0.4, -0.2) is 0 Å². The molecule has 0 amide bonds. The lowest BCUT2D eigenvalue weighted by atomic mass is 10.1. The molecule has 0 aliphatic heterocycles. The first-order valence-corrected chi connectivity index (χ1v) is 5.29. The van der Waals surface area contributed by atoms with Crippen molar-refractivity contribution in [3.8, 4) is 11.8 Å². The Balaban J connectivity index is 0.00000144. The molecular formula is C15H14IN. The number of benzene rings is 1. The van der Waals surface area contributed by atoms with Gasteiger partial charge in [-0.05, 0) is 25.1 Å². The first-order valence-electron chi connectivity index (χ1n) is 5.29. The predicted octanol–water partition coefficient (Wildman–Crippen LogP) is -0.777. The van der Waals surface area contributed by atoms with Crippen molar-refractivity contribution in [1.29, 1.82) is 0 Å². The van der Waals surface area contributed by atoms with Gasteiger partial charge < -0.3 is 24.0 Å². The summed E-state index contributed by atoms with van der Waals surface area (Å²) in [4.78, 5) is 0. The Hall–Kier alpha value is -1.34. The van der Waals surface area contributed by atoms with Gasteiger partial charge >= 0.3 is 0 Å². The van der Waals surface area contributed by atoms with E-state index in [0.717, 1.165) is 11.3 Å². The Kier molecular flexibility index (Phi) is 5.17. The molecule has 0 spiro atoms. The third-order valence-electron chi connectivity index (χ3n) is 2.44. The Morgan fingerprint density at radius 3 is 2.29 bits per heavy atom. The highest BCUT2D eigenvalue weighted by atomic mass is 127. The highest BCUT2D eigenvalue weighted by Gasteiger charge is 1.98. The maximum Gasteiger partial charge on any atom is 0.256 e. The van der Waals surface area contributed by atoms with Gasteiger partial charge in [-0.3, -0.25) is 0 Å². The lowest BCUT2D eigenvalue weighted by Crippen LogP contribution is -3.00. The summed E-state index contributed by atoms with van der Waals surface area (Å²) in [6.07, 6.45) is 2.00. The van der Waals surface area contributed by atoms with Crippen LogP contribution in [0.2, 0.25) is 0 Å². The molecule has 0 aliphatic carbocycles. The molecule has 1 aromatic heterocycles. The van der Waals surface area contributed by atoms with Crippen LogP contribution in [0, 0.1) is 18.8 Å². The molecule has 0 saturated carbocycles. The maximum atomic E-state index is 3.16. The van der Waals surface area contributed by atoms with E-state index < -0.39 is 0 Å². The number of hydrogen-bond acceptors (Lipinski definition) is 0. The SMILES string of the molecule is Cc1ccc(C#Cc2cccc[n+]2C)cc1.[I-]. The molecule has 0 saturated heterocycles. The van der Waals surface area contributed by atoms with Gasteiger partial charge in [0.05, 0.1) is 0 Å². The molecule has 2 rings (SSSR count). The molecular weight excluding hydrogens is 321 g/mol. The zero-order valence-corrected chi connectivity index (χ0v) is 12.1. The van der Waals surface area contributed by atoms with Gasteiger partial charge in [0.15, 0.2) is 6.20 Å². The van der Waals surface area contributed by atoms with Gasteiger partial charge in [-0.25, -0.2) is 0 Å². The van der Waals surface area contributed by atoms with Crippen molar-refractivity contribution in [2.75, 3.05) is 0 Å². The van der Waals surface area contributed by atoms with Crippen LogP contribution in [-0.2, 0) is 7.05 Å². The zero-order chi connectivity index (χ0) is 11.4. The fourth-order valence-electron chi connectivity index (χ4n) is 1.43. The molecule has 2 aromatic rings. The largest absolute Gasteiger partial charge is 1.00 e. The van der Waals surface area contributed by atoms with E-state index in [0.29, 0.717) is 0 Å². The van der Waals surface area contributed by atoms with Gasteiger partial charge in [0.2, 0.25) is 0 Å². The lowest BCUT2D eigenvalue weighted by Gasteiger charge is -1.92. The average Bonchev–Trinajstić information content (AvgIpc) is 2.30. The number of aromatic nitrogens is 1. The van der Waals surface area contributed by atoms with E-state index in [4.69, 9.17) is 0 Å². The Morgan fingerprint density at radius 2 is 1.65 bits per heavy atom. The Morgan fingerprint density at radius 1 is 0.941 bits per heavy atom. The smallest absolute Gasteiger partial charge is 0.256 e. The van der Waals surface area contributed by atoms with Crippen LogP contribution in [0.25, 0.3) is 0 Å². The number of hydrogen-bond donors (Lipinski definition) is 0. The molecule has 2 heteroatoms. The molecule has 0 bridgehead atoms. The van der Waals surface area contributed by atoms with Crippen LogP contribution in [0.4, 0.5) is 0 Å². The van der Waals surface area contributed by atoms with E-state index in [-0.39, 0.29) is 24.0 Å². The standard InChI is InChI=1S/C15H14N.HI/c1-13-6-8-14(9-7-13)10-11-15-5-3-4-12-16(15)2;/h3-9,12H,1-2H3;1H/q+1;/p-1. The monoisotopic (exact) mass is 335 g/mol. The van der Waals surface area contributed by atoms with Gasteiger partial charge in [-0.2, -0.15) is 4.57 Å². The van der Waals surface area contributed by atoms with Crippen molar-refractivity contribution in [1.82, 2.24) is 0 Å². The maximum absolute atomic E-state index is 3.16. The summed E-state index contributed by atoms with van der Waals surface area (Å²) in [6, 6.07) is 14.3. The van der Waals surface area contributed by atoms with Crippen LogP contribution in [0.15, 0.2) is 48.7 Å². The minimum absolute atomic E-state index is 0. The molecule has 1 nitrogen and oxygen atoms in total. The molecule has 0 atom stereocenters. The molecule has 0 unspecified atom stereocenters. The fraction of sp³-hybridized carbons (Fsp3) is 0.133. The Labute approximate surface area is 120 Å². The van der Waals surface area contributed by atoms with E-state index in [2.05, 4.69) is 30.9 Å². The lowest BCUT2D eigenvalue weighted by molar-refractivity contribution is -0.673. The number of aryl methyl sites for hydroxylation is 2. The van der Waals surface area contributed by atoms with Crippen molar-refractivity contribution in [2.45, 2.75) is 6.92 Å². The van der Waals surface area contributed by atoms with Gasteiger partial charge in [0.25, 0.3) is 5.69 Å². The van der Waals surface area contributed by atoms with Crippen LogP contribution in [0.1, 0.15) is 16.8 Å². The van der Waals surface area contributed by atoms with E-state index in [1.165, 1.54) is 5.56 Å². The summed E-state index contributed by atoms with van der Waals surface area (Å²) in [7, 11) is 2.00. The van der Waals surface area contributed by atoms with Crippen LogP contribution in [0.3, 0.4) is 0 Å². The van der Waals surface area contributed by atoms with Crippen molar-refractivity contribution in [3.05, 3.63) is 65.5 Å². The number of nitrogens with zero attached hydrogens (tertiary/aromatic N) is 1. The van der Waals surface area contributed by atoms with Gasteiger partial charge in [-0.15, -0.1) is 0 Å². The topological polar surface area (TPSA) is 3.88 Å². The zero-order valence-electron chi connectivity index (χ0n) is 9.94. The second-order valence-electron chi connectivity index (χ2n) is 3.81. The van der Waals surface area contributed by atoms with Crippen molar-refractivity contribution in [2.24, 2.45) is 7.05 Å². The first-order chi connectivity index (χ1) is 7.75. The Bertz CT molecular complexity index is 547. The van der Waals surface area contributed by atoms with Crippen LogP contribution < -0.4 is 28.5 Å². The molecule has 0 radical (unpaired) electrons. The van der Waals surface area contributed by atoms with Crippen LogP contribution in [0.5, 0.6) is 0 Å². The summed E-state index contributed by atoms with van der Waals surface area (Å²) in [5, 5.41) is 0. The summed E-state index contributed by atoms with van der Waals surface area (Å²) in [5.41, 5.74) is 3.33. The number of pyridine rings is 1. The van der Waals surface area contributed by atoms with Gasteiger partial charge in [-0.1, -0.05) is 23.6 Å². The van der Waals surface area contributed by atoms with Crippen molar-refractivity contribution in [3.63, 3.8) is 0 Å². The summed E-state index contributed by atoms with van der Waals surface area (Å²) < 4.78 is 2.02. The fourth-order valence-corrected chi connectivity index (χ4v) is 1.43. The average molecular weight is 335 g/mol. The molecule has 0 N–H and O–H groups in total. The third kappa shape index (κ3) is 3.86. The van der Waals surface area contributed by atoms with E-state index in [1.807, 2.05) is 48.1 Å². The minimum Gasteiger partial charge on any atom is -1.00 e. The highest BCUT2D eigenvalue weighted by molar-refractivity contribution is 5.39. The van der Waals surface area contributed by atoms with Gasteiger partial charge in [0, 0.05) is 23.6 Å². The third-order valence-corrected chi connectivity index (χ3v) is 2.44. The van der Waals surface area contributed by atoms with E-state index in [1.54, 1.807) is 0 Å². The second-order valence-corrected chi connectivity index (χ2v) is 3.81. The summed E-state index contributed by atoms with van der Waals surface area (Å²) >= 11 is 0.